The molecule has 3 aromatic rings. The Morgan fingerprint density at radius 1 is 1.13 bits per heavy atom. The van der Waals surface area contributed by atoms with Crippen molar-refractivity contribution in [1.29, 1.82) is 5.26 Å². The largest absolute Gasteiger partial charge is 0.327 e. The van der Waals surface area contributed by atoms with Crippen LogP contribution < -0.4 is 5.32 Å². The molecule has 0 aliphatic heterocycles. The summed E-state index contributed by atoms with van der Waals surface area (Å²) in [5.41, 5.74) is 4.05. The number of nitriles is 1. The average molecular weight is 304 g/mol. The van der Waals surface area contributed by atoms with Crippen LogP contribution in [0.1, 0.15) is 30.3 Å². The van der Waals surface area contributed by atoms with Gasteiger partial charge in [-0.05, 0) is 36.2 Å². The number of rotatable bonds is 6. The maximum absolute atomic E-state index is 8.96. The number of hydrogen-bond acceptors (Lipinski definition) is 3. The van der Waals surface area contributed by atoms with Gasteiger partial charge in [0.15, 0.2) is 0 Å². The van der Waals surface area contributed by atoms with Crippen molar-refractivity contribution in [1.82, 2.24) is 14.9 Å². The van der Waals surface area contributed by atoms with Crippen LogP contribution in [0.4, 0.5) is 0 Å². The Morgan fingerprint density at radius 2 is 2.00 bits per heavy atom. The molecule has 1 heterocycles. The Balaban J connectivity index is 1.74. The number of aryl methyl sites for hydroxylation is 1. The normalized spacial score (nSPS) is 10.8. The molecule has 116 valence electrons. The molecule has 0 saturated carbocycles. The summed E-state index contributed by atoms with van der Waals surface area (Å²) in [5, 5.41) is 12.4. The summed E-state index contributed by atoms with van der Waals surface area (Å²) in [5.74, 6) is 1.06. The van der Waals surface area contributed by atoms with Gasteiger partial charge >= 0.3 is 0 Å². The fourth-order valence-corrected chi connectivity index (χ4v) is 2.80. The number of para-hydroxylation sites is 2. The number of benzene rings is 2. The fourth-order valence-electron chi connectivity index (χ4n) is 2.80. The van der Waals surface area contributed by atoms with Crippen molar-refractivity contribution < 1.29 is 0 Å². The minimum absolute atomic E-state index is 0.697. The first-order valence-corrected chi connectivity index (χ1v) is 7.95. The fraction of sp³-hybridized carbons (Fsp3) is 0.263. The summed E-state index contributed by atoms with van der Waals surface area (Å²) in [7, 11) is 0. The molecule has 23 heavy (non-hydrogen) atoms. The highest BCUT2D eigenvalue weighted by atomic mass is 15.1. The van der Waals surface area contributed by atoms with Gasteiger partial charge in [0.1, 0.15) is 5.82 Å². The standard InChI is InChI=1S/C19H20N4/c1-2-10-23-18-9-4-3-8-17(18)22-19(23)14-21-13-16-7-5-6-15(11-16)12-20/h3-9,11,21H,2,10,13-14H2,1H3. The van der Waals surface area contributed by atoms with E-state index in [9.17, 15) is 0 Å². The molecule has 1 aromatic heterocycles. The van der Waals surface area contributed by atoms with E-state index in [0.717, 1.165) is 36.4 Å². The van der Waals surface area contributed by atoms with Gasteiger partial charge in [-0.2, -0.15) is 5.26 Å². The molecule has 0 radical (unpaired) electrons. The molecular formula is C19H20N4. The van der Waals surface area contributed by atoms with E-state index in [1.54, 1.807) is 0 Å². The smallest absolute Gasteiger partial charge is 0.123 e. The van der Waals surface area contributed by atoms with Crippen molar-refractivity contribution in [2.45, 2.75) is 33.0 Å². The molecule has 0 fully saturated rings. The van der Waals surface area contributed by atoms with E-state index >= 15 is 0 Å². The van der Waals surface area contributed by atoms with Crippen molar-refractivity contribution in [2.24, 2.45) is 0 Å². The number of aromatic nitrogens is 2. The van der Waals surface area contributed by atoms with Crippen LogP contribution in [0, 0.1) is 11.3 Å². The van der Waals surface area contributed by atoms with E-state index in [2.05, 4.69) is 41.1 Å². The zero-order valence-electron chi connectivity index (χ0n) is 13.3. The molecular weight excluding hydrogens is 284 g/mol. The van der Waals surface area contributed by atoms with E-state index in [1.165, 1.54) is 5.52 Å². The summed E-state index contributed by atoms with van der Waals surface area (Å²) in [6.45, 7) is 4.59. The Hall–Kier alpha value is -2.64. The average Bonchev–Trinajstić information content (AvgIpc) is 2.93. The van der Waals surface area contributed by atoms with E-state index in [1.807, 2.05) is 30.3 Å². The maximum atomic E-state index is 8.96. The van der Waals surface area contributed by atoms with Gasteiger partial charge in [0.2, 0.25) is 0 Å². The van der Waals surface area contributed by atoms with E-state index in [0.29, 0.717) is 12.1 Å². The Bertz CT molecular complexity index is 842. The van der Waals surface area contributed by atoms with Crippen molar-refractivity contribution in [3.63, 3.8) is 0 Å². The first kappa shape index (κ1) is 15.3. The molecule has 3 rings (SSSR count). The van der Waals surface area contributed by atoms with Crippen molar-refractivity contribution in [3.05, 3.63) is 65.5 Å². The highest BCUT2D eigenvalue weighted by Crippen LogP contribution is 2.16. The summed E-state index contributed by atoms with van der Waals surface area (Å²) >= 11 is 0. The molecule has 0 aliphatic rings. The molecule has 0 unspecified atom stereocenters. The molecule has 0 saturated heterocycles. The summed E-state index contributed by atoms with van der Waals surface area (Å²) < 4.78 is 2.29. The van der Waals surface area contributed by atoms with Crippen LogP contribution >= 0.6 is 0 Å². The molecule has 0 aliphatic carbocycles. The van der Waals surface area contributed by atoms with Gasteiger partial charge in [0, 0.05) is 13.1 Å². The highest BCUT2D eigenvalue weighted by molar-refractivity contribution is 5.75. The van der Waals surface area contributed by atoms with Gasteiger partial charge in [-0.1, -0.05) is 31.2 Å². The Morgan fingerprint density at radius 3 is 2.83 bits per heavy atom. The first-order chi connectivity index (χ1) is 11.3. The number of hydrogen-bond donors (Lipinski definition) is 1. The first-order valence-electron chi connectivity index (χ1n) is 7.95. The second kappa shape index (κ2) is 7.08. The summed E-state index contributed by atoms with van der Waals surface area (Å²) in [4.78, 5) is 4.74. The highest BCUT2D eigenvalue weighted by Gasteiger charge is 2.09. The van der Waals surface area contributed by atoms with E-state index in [4.69, 9.17) is 10.2 Å². The van der Waals surface area contributed by atoms with Crippen molar-refractivity contribution in [3.8, 4) is 6.07 Å². The molecule has 0 amide bonds. The third-order valence-electron chi connectivity index (χ3n) is 3.85. The zero-order valence-corrected chi connectivity index (χ0v) is 13.3. The molecule has 4 heteroatoms. The lowest BCUT2D eigenvalue weighted by molar-refractivity contribution is 0.598. The number of nitrogens with zero attached hydrogens (tertiary/aromatic N) is 3. The van der Waals surface area contributed by atoms with Gasteiger partial charge in [-0.25, -0.2) is 4.98 Å². The Labute approximate surface area is 136 Å². The van der Waals surface area contributed by atoms with Crippen LogP contribution in [0.25, 0.3) is 11.0 Å². The van der Waals surface area contributed by atoms with Crippen LogP contribution in [0.15, 0.2) is 48.5 Å². The van der Waals surface area contributed by atoms with Gasteiger partial charge < -0.3 is 9.88 Å². The Kier molecular flexibility index (Phi) is 4.70. The topological polar surface area (TPSA) is 53.6 Å². The molecule has 4 nitrogen and oxygen atoms in total. The second-order valence-corrected chi connectivity index (χ2v) is 5.58. The number of fused-ring (bicyclic) bond motifs is 1. The third-order valence-corrected chi connectivity index (χ3v) is 3.85. The van der Waals surface area contributed by atoms with Crippen molar-refractivity contribution in [2.75, 3.05) is 0 Å². The van der Waals surface area contributed by atoms with Crippen LogP contribution in [-0.4, -0.2) is 9.55 Å². The lowest BCUT2D eigenvalue weighted by Gasteiger charge is -2.09. The summed E-state index contributed by atoms with van der Waals surface area (Å²) in [6, 6.07) is 18.1. The minimum Gasteiger partial charge on any atom is -0.327 e. The SMILES string of the molecule is CCCn1c(CNCc2cccc(C#N)c2)nc2ccccc21. The van der Waals surface area contributed by atoms with Crippen LogP contribution in [0.5, 0.6) is 0 Å². The van der Waals surface area contributed by atoms with Crippen LogP contribution in [-0.2, 0) is 19.6 Å². The van der Waals surface area contributed by atoms with E-state index < -0.39 is 0 Å². The van der Waals surface area contributed by atoms with Crippen molar-refractivity contribution >= 4 is 11.0 Å². The monoisotopic (exact) mass is 304 g/mol. The lowest BCUT2D eigenvalue weighted by atomic mass is 10.1. The lowest BCUT2D eigenvalue weighted by Crippen LogP contribution is -2.17. The maximum Gasteiger partial charge on any atom is 0.123 e. The predicted molar refractivity (Wildman–Crippen MR) is 91.7 cm³/mol. The molecule has 2 aromatic carbocycles. The third kappa shape index (κ3) is 3.41. The summed E-state index contributed by atoms with van der Waals surface area (Å²) in [6.07, 6.45) is 1.08. The van der Waals surface area contributed by atoms with Gasteiger partial charge in [-0.15, -0.1) is 0 Å². The molecule has 0 bridgehead atoms. The van der Waals surface area contributed by atoms with Crippen LogP contribution in [0.2, 0.25) is 0 Å². The van der Waals surface area contributed by atoms with Gasteiger partial charge in [0.05, 0.1) is 29.2 Å². The number of imidazole rings is 1. The molecule has 0 atom stereocenters. The predicted octanol–water partition coefficient (Wildman–Crippen LogP) is 3.61. The molecule has 0 spiro atoms. The van der Waals surface area contributed by atoms with Crippen LogP contribution in [0.3, 0.4) is 0 Å². The molecule has 1 N–H and O–H groups in total. The second-order valence-electron chi connectivity index (χ2n) is 5.58. The minimum atomic E-state index is 0.697. The number of nitrogens with one attached hydrogen (secondary N) is 1. The quantitative estimate of drug-likeness (QED) is 0.757. The van der Waals surface area contributed by atoms with E-state index in [-0.39, 0.29) is 0 Å². The van der Waals surface area contributed by atoms with Gasteiger partial charge in [0.25, 0.3) is 0 Å². The van der Waals surface area contributed by atoms with Gasteiger partial charge in [-0.3, -0.25) is 0 Å². The zero-order chi connectivity index (χ0) is 16.1.